The highest BCUT2D eigenvalue weighted by atomic mass is 79.9. The van der Waals surface area contributed by atoms with Crippen LogP contribution in [0.2, 0.25) is 0 Å². The Morgan fingerprint density at radius 3 is 2.40 bits per heavy atom. The Kier molecular flexibility index (Phi) is 4.46. The van der Waals surface area contributed by atoms with Crippen molar-refractivity contribution < 1.29 is 17.2 Å². The van der Waals surface area contributed by atoms with E-state index >= 15 is 0 Å². The number of hydrogen-bond donors (Lipinski definition) is 1. The van der Waals surface area contributed by atoms with E-state index < -0.39 is 27.3 Å². The SMILES string of the molecule is O=S(=O)(Nc1cccc(F)c1F)c1ccc(Br)cc1Br. The van der Waals surface area contributed by atoms with Gasteiger partial charge < -0.3 is 0 Å². The standard InChI is InChI=1S/C12H7Br2F2NO2S/c13-7-4-5-11(8(14)6-7)20(18,19)17-10-3-1-2-9(15)12(10)16/h1-6,17H. The van der Waals surface area contributed by atoms with Gasteiger partial charge in [-0.2, -0.15) is 0 Å². The van der Waals surface area contributed by atoms with Crippen molar-refractivity contribution in [3.05, 3.63) is 57.0 Å². The molecule has 0 heterocycles. The van der Waals surface area contributed by atoms with Gasteiger partial charge in [0, 0.05) is 8.95 Å². The predicted octanol–water partition coefficient (Wildman–Crippen LogP) is 4.29. The molecule has 0 fully saturated rings. The van der Waals surface area contributed by atoms with Gasteiger partial charge in [-0.25, -0.2) is 17.2 Å². The van der Waals surface area contributed by atoms with Crippen LogP contribution >= 0.6 is 31.9 Å². The number of nitrogens with one attached hydrogen (secondary N) is 1. The molecule has 0 saturated carbocycles. The molecular weight excluding hydrogens is 420 g/mol. The first-order valence-corrected chi connectivity index (χ1v) is 8.30. The van der Waals surface area contributed by atoms with Crippen molar-refractivity contribution in [2.75, 3.05) is 4.72 Å². The van der Waals surface area contributed by atoms with Crippen molar-refractivity contribution in [3.8, 4) is 0 Å². The van der Waals surface area contributed by atoms with Crippen LogP contribution in [0.25, 0.3) is 0 Å². The first-order chi connectivity index (χ1) is 9.31. The summed E-state index contributed by atoms with van der Waals surface area (Å²) in [6.07, 6.45) is 0. The van der Waals surface area contributed by atoms with Crippen molar-refractivity contribution in [2.45, 2.75) is 4.90 Å². The predicted molar refractivity (Wildman–Crippen MR) is 79.0 cm³/mol. The van der Waals surface area contributed by atoms with Gasteiger partial charge in [-0.3, -0.25) is 4.72 Å². The zero-order valence-electron chi connectivity index (χ0n) is 9.70. The Morgan fingerprint density at radius 2 is 1.75 bits per heavy atom. The van der Waals surface area contributed by atoms with Crippen molar-refractivity contribution in [1.82, 2.24) is 0 Å². The van der Waals surface area contributed by atoms with Gasteiger partial charge in [0.2, 0.25) is 0 Å². The van der Waals surface area contributed by atoms with Crippen LogP contribution in [0.1, 0.15) is 0 Å². The van der Waals surface area contributed by atoms with Crippen LogP contribution in [0.4, 0.5) is 14.5 Å². The summed E-state index contributed by atoms with van der Waals surface area (Å²) >= 11 is 6.31. The summed E-state index contributed by atoms with van der Waals surface area (Å²) in [5.41, 5.74) is -0.445. The molecule has 2 rings (SSSR count). The molecule has 8 heteroatoms. The number of benzene rings is 2. The summed E-state index contributed by atoms with van der Waals surface area (Å²) in [5.74, 6) is -2.37. The molecule has 0 saturated heterocycles. The fourth-order valence-corrected chi connectivity index (χ4v) is 4.28. The van der Waals surface area contributed by atoms with E-state index in [9.17, 15) is 17.2 Å². The molecule has 3 nitrogen and oxygen atoms in total. The van der Waals surface area contributed by atoms with E-state index in [0.717, 1.165) is 12.1 Å². The van der Waals surface area contributed by atoms with Gasteiger partial charge in [-0.05, 0) is 46.3 Å². The molecule has 1 N–H and O–H groups in total. The molecule has 106 valence electrons. The Bertz CT molecular complexity index is 766. The molecular formula is C12H7Br2F2NO2S. The third kappa shape index (κ3) is 3.18. The first kappa shape index (κ1) is 15.4. The third-order valence-corrected chi connectivity index (χ3v) is 5.21. The lowest BCUT2D eigenvalue weighted by atomic mass is 10.3. The largest absolute Gasteiger partial charge is 0.277 e. The lowest BCUT2D eigenvalue weighted by molar-refractivity contribution is 0.511. The minimum atomic E-state index is -4.02. The number of rotatable bonds is 3. The highest BCUT2D eigenvalue weighted by Crippen LogP contribution is 2.28. The van der Waals surface area contributed by atoms with Crippen molar-refractivity contribution in [3.63, 3.8) is 0 Å². The summed E-state index contributed by atoms with van der Waals surface area (Å²) < 4.78 is 53.9. The maximum Gasteiger partial charge on any atom is 0.263 e. The first-order valence-electron chi connectivity index (χ1n) is 5.23. The molecule has 0 radical (unpaired) electrons. The lowest BCUT2D eigenvalue weighted by Crippen LogP contribution is -2.15. The summed E-state index contributed by atoms with van der Waals surface area (Å²) in [4.78, 5) is -0.0793. The molecule has 0 aliphatic heterocycles. The van der Waals surface area contributed by atoms with E-state index in [4.69, 9.17) is 0 Å². The van der Waals surface area contributed by atoms with Crippen LogP contribution in [-0.2, 0) is 10.0 Å². The van der Waals surface area contributed by atoms with Gasteiger partial charge >= 0.3 is 0 Å². The number of anilines is 1. The van der Waals surface area contributed by atoms with E-state index in [2.05, 4.69) is 31.9 Å². The van der Waals surface area contributed by atoms with Gasteiger partial charge in [-0.15, -0.1) is 0 Å². The molecule has 0 atom stereocenters. The highest BCUT2D eigenvalue weighted by molar-refractivity contribution is 9.11. The van der Waals surface area contributed by atoms with Gasteiger partial charge in [0.1, 0.15) is 4.90 Å². The molecule has 0 unspecified atom stereocenters. The highest BCUT2D eigenvalue weighted by Gasteiger charge is 2.20. The second kappa shape index (κ2) is 5.79. The van der Waals surface area contributed by atoms with E-state index in [1.54, 1.807) is 0 Å². The van der Waals surface area contributed by atoms with Crippen LogP contribution in [0, 0.1) is 11.6 Å². The molecule has 0 spiro atoms. The normalized spacial score (nSPS) is 11.4. The number of halogens is 4. The zero-order valence-corrected chi connectivity index (χ0v) is 13.7. The second-order valence-electron chi connectivity index (χ2n) is 3.78. The minimum Gasteiger partial charge on any atom is -0.277 e. The van der Waals surface area contributed by atoms with Crippen LogP contribution in [0.15, 0.2) is 50.2 Å². The molecule has 0 aromatic heterocycles. The van der Waals surface area contributed by atoms with Gasteiger partial charge in [-0.1, -0.05) is 22.0 Å². The van der Waals surface area contributed by atoms with E-state index in [1.165, 1.54) is 24.3 Å². The second-order valence-corrected chi connectivity index (χ2v) is 7.20. The summed E-state index contributed by atoms with van der Waals surface area (Å²) in [5, 5.41) is 0. The van der Waals surface area contributed by atoms with Gasteiger partial charge in [0.05, 0.1) is 5.69 Å². The quantitative estimate of drug-likeness (QED) is 0.795. The van der Waals surface area contributed by atoms with Crippen molar-refractivity contribution in [2.24, 2.45) is 0 Å². The minimum absolute atomic E-state index is 0.0793. The van der Waals surface area contributed by atoms with Crippen LogP contribution in [0.3, 0.4) is 0 Å². The average Bonchev–Trinajstić information content (AvgIpc) is 2.34. The fraction of sp³-hybridized carbons (Fsp3) is 0. The summed E-state index contributed by atoms with van der Waals surface area (Å²) in [7, 11) is -4.02. The summed E-state index contributed by atoms with van der Waals surface area (Å²) in [6, 6.07) is 7.67. The monoisotopic (exact) mass is 425 g/mol. The molecule has 2 aromatic rings. The van der Waals surface area contributed by atoms with E-state index in [1.807, 2.05) is 4.72 Å². The van der Waals surface area contributed by atoms with Crippen molar-refractivity contribution >= 4 is 47.6 Å². The molecule has 0 bridgehead atoms. The van der Waals surface area contributed by atoms with E-state index in [0.29, 0.717) is 8.95 Å². The third-order valence-electron chi connectivity index (χ3n) is 2.38. The van der Waals surface area contributed by atoms with Crippen molar-refractivity contribution in [1.29, 1.82) is 0 Å². The Morgan fingerprint density at radius 1 is 1.05 bits per heavy atom. The Balaban J connectivity index is 2.44. The lowest BCUT2D eigenvalue weighted by Gasteiger charge is -2.10. The molecule has 0 aliphatic carbocycles. The fourth-order valence-electron chi connectivity index (χ4n) is 1.48. The summed E-state index contributed by atoms with van der Waals surface area (Å²) in [6.45, 7) is 0. The molecule has 2 aromatic carbocycles. The van der Waals surface area contributed by atoms with E-state index in [-0.39, 0.29) is 4.90 Å². The number of hydrogen-bond acceptors (Lipinski definition) is 2. The number of sulfonamides is 1. The van der Waals surface area contributed by atoms with Crippen LogP contribution < -0.4 is 4.72 Å². The molecule has 20 heavy (non-hydrogen) atoms. The van der Waals surface area contributed by atoms with Crippen LogP contribution in [-0.4, -0.2) is 8.42 Å². The maximum absolute atomic E-state index is 13.5. The topological polar surface area (TPSA) is 46.2 Å². The molecule has 0 aliphatic rings. The maximum atomic E-state index is 13.5. The Labute approximate surface area is 131 Å². The average molecular weight is 427 g/mol. The molecule has 0 amide bonds. The van der Waals surface area contributed by atoms with Gasteiger partial charge in [0.15, 0.2) is 11.6 Å². The zero-order chi connectivity index (χ0) is 14.9. The smallest absolute Gasteiger partial charge is 0.263 e. The van der Waals surface area contributed by atoms with Gasteiger partial charge in [0.25, 0.3) is 10.0 Å². The van der Waals surface area contributed by atoms with Crippen LogP contribution in [0.5, 0.6) is 0 Å². The Hall–Kier alpha value is -0.990.